The third kappa shape index (κ3) is 3.47. The van der Waals surface area contributed by atoms with E-state index in [9.17, 15) is 5.11 Å². The van der Waals surface area contributed by atoms with E-state index >= 15 is 0 Å². The third-order valence-corrected chi connectivity index (χ3v) is 3.38. The molecule has 0 aromatic heterocycles. The lowest BCUT2D eigenvalue weighted by Gasteiger charge is -2.26. The fraction of sp³-hybridized carbons (Fsp3) is 0.600. The van der Waals surface area contributed by atoms with Crippen molar-refractivity contribution in [2.24, 2.45) is 0 Å². The molecule has 3 nitrogen and oxygen atoms in total. The fourth-order valence-corrected chi connectivity index (χ4v) is 2.54. The van der Waals surface area contributed by atoms with Crippen LogP contribution in [0.5, 0.6) is 5.75 Å². The van der Waals surface area contributed by atoms with Crippen LogP contribution in [0, 0.1) is 0 Å². The number of nitrogens with one attached hydrogen (secondary N) is 1. The zero-order chi connectivity index (χ0) is 13.0. The number of benzene rings is 1. The van der Waals surface area contributed by atoms with Gasteiger partial charge in [0.2, 0.25) is 0 Å². The van der Waals surface area contributed by atoms with Gasteiger partial charge in [0.25, 0.3) is 0 Å². The summed E-state index contributed by atoms with van der Waals surface area (Å²) in [5, 5.41) is 13.1. The van der Waals surface area contributed by atoms with Gasteiger partial charge in [-0.05, 0) is 56.4 Å². The Hall–Kier alpha value is -1.06. The monoisotopic (exact) mass is 249 g/mol. The maximum absolute atomic E-state index is 9.51. The van der Waals surface area contributed by atoms with Gasteiger partial charge in [-0.1, -0.05) is 6.07 Å². The largest absolute Gasteiger partial charge is 0.508 e. The molecule has 18 heavy (non-hydrogen) atoms. The van der Waals surface area contributed by atoms with Gasteiger partial charge in [-0.15, -0.1) is 0 Å². The van der Waals surface area contributed by atoms with Crippen molar-refractivity contribution >= 4 is 0 Å². The van der Waals surface area contributed by atoms with Gasteiger partial charge in [0.05, 0.1) is 12.7 Å². The highest BCUT2D eigenvalue weighted by atomic mass is 16.5. The van der Waals surface area contributed by atoms with Crippen molar-refractivity contribution in [3.8, 4) is 5.75 Å². The number of phenols is 1. The zero-order valence-corrected chi connectivity index (χ0v) is 11.3. The molecule has 2 rings (SSSR count). The highest BCUT2D eigenvalue weighted by Gasteiger charge is 2.19. The molecule has 3 heteroatoms. The lowest BCUT2D eigenvalue weighted by molar-refractivity contribution is 0.0790. The first-order valence-electron chi connectivity index (χ1n) is 6.83. The van der Waals surface area contributed by atoms with Crippen molar-refractivity contribution in [2.45, 2.75) is 45.3 Å². The summed E-state index contributed by atoms with van der Waals surface area (Å²) in [5.74, 6) is 0.373. The number of hydrogen-bond acceptors (Lipinski definition) is 3. The Labute approximate surface area is 109 Å². The molecule has 1 unspecified atom stereocenters. The second-order valence-electron chi connectivity index (χ2n) is 5.20. The van der Waals surface area contributed by atoms with E-state index in [1.165, 1.54) is 24.0 Å². The van der Waals surface area contributed by atoms with Gasteiger partial charge < -0.3 is 15.2 Å². The van der Waals surface area contributed by atoms with E-state index in [1.54, 1.807) is 6.07 Å². The Balaban J connectivity index is 1.91. The SMILES string of the molecule is CC(C)OCCNC1CCCc2cc(O)ccc21. The number of fused-ring (bicyclic) bond motifs is 1. The fourth-order valence-electron chi connectivity index (χ4n) is 2.54. The first-order chi connectivity index (χ1) is 8.66. The molecule has 0 radical (unpaired) electrons. The molecule has 0 amide bonds. The minimum absolute atomic E-state index is 0.294. The van der Waals surface area contributed by atoms with Crippen LogP contribution < -0.4 is 5.32 Å². The van der Waals surface area contributed by atoms with Crippen molar-refractivity contribution in [1.29, 1.82) is 0 Å². The molecule has 2 N–H and O–H groups in total. The smallest absolute Gasteiger partial charge is 0.115 e. The molecule has 1 aromatic carbocycles. The molecular formula is C15H23NO2. The lowest BCUT2D eigenvalue weighted by Crippen LogP contribution is -2.28. The number of aromatic hydroxyl groups is 1. The Morgan fingerprint density at radius 1 is 1.44 bits per heavy atom. The zero-order valence-electron chi connectivity index (χ0n) is 11.3. The summed E-state index contributed by atoms with van der Waals surface area (Å²) in [4.78, 5) is 0. The van der Waals surface area contributed by atoms with Crippen molar-refractivity contribution in [1.82, 2.24) is 5.32 Å². The minimum atomic E-state index is 0.294. The number of rotatable bonds is 5. The quantitative estimate of drug-likeness (QED) is 0.788. The van der Waals surface area contributed by atoms with E-state index in [1.807, 2.05) is 12.1 Å². The maximum atomic E-state index is 9.51. The molecule has 1 atom stereocenters. The van der Waals surface area contributed by atoms with Crippen molar-refractivity contribution in [3.05, 3.63) is 29.3 Å². The molecule has 0 saturated carbocycles. The van der Waals surface area contributed by atoms with Crippen LogP contribution in [0.1, 0.15) is 43.9 Å². The van der Waals surface area contributed by atoms with Gasteiger partial charge in [0, 0.05) is 12.6 Å². The number of ether oxygens (including phenoxy) is 1. The van der Waals surface area contributed by atoms with E-state index < -0.39 is 0 Å². The summed E-state index contributed by atoms with van der Waals surface area (Å²) in [5.41, 5.74) is 2.62. The topological polar surface area (TPSA) is 41.5 Å². The molecule has 0 bridgehead atoms. The number of phenolic OH excluding ortho intramolecular Hbond substituents is 1. The number of hydrogen-bond donors (Lipinski definition) is 2. The van der Waals surface area contributed by atoms with E-state index in [0.29, 0.717) is 17.9 Å². The van der Waals surface area contributed by atoms with Crippen LogP contribution in [0.2, 0.25) is 0 Å². The molecule has 100 valence electrons. The standard InChI is InChI=1S/C15H23NO2/c1-11(2)18-9-8-16-15-5-3-4-12-10-13(17)6-7-14(12)15/h6-7,10-11,15-17H,3-5,8-9H2,1-2H3. The molecule has 1 aromatic rings. The van der Waals surface area contributed by atoms with E-state index in [4.69, 9.17) is 4.74 Å². The summed E-state index contributed by atoms with van der Waals surface area (Å²) < 4.78 is 5.54. The summed E-state index contributed by atoms with van der Waals surface area (Å²) >= 11 is 0. The summed E-state index contributed by atoms with van der Waals surface area (Å²) in [6.45, 7) is 5.74. The van der Waals surface area contributed by atoms with E-state index in [2.05, 4.69) is 19.2 Å². The second kappa shape index (κ2) is 6.21. The normalized spacial score (nSPS) is 18.9. The van der Waals surface area contributed by atoms with E-state index in [0.717, 1.165) is 19.6 Å². The number of aryl methyl sites for hydroxylation is 1. The highest BCUT2D eigenvalue weighted by molar-refractivity contribution is 5.38. The predicted molar refractivity (Wildman–Crippen MR) is 72.9 cm³/mol. The summed E-state index contributed by atoms with van der Waals surface area (Å²) in [6.07, 6.45) is 3.71. The van der Waals surface area contributed by atoms with Gasteiger partial charge in [-0.2, -0.15) is 0 Å². The van der Waals surface area contributed by atoms with Crippen LogP contribution >= 0.6 is 0 Å². The third-order valence-electron chi connectivity index (χ3n) is 3.38. The molecule has 0 fully saturated rings. The van der Waals surface area contributed by atoms with Gasteiger partial charge in [-0.25, -0.2) is 0 Å². The van der Waals surface area contributed by atoms with Crippen molar-refractivity contribution < 1.29 is 9.84 Å². The predicted octanol–water partition coefficient (Wildman–Crippen LogP) is 2.78. The Kier molecular flexibility index (Phi) is 4.61. The lowest BCUT2D eigenvalue weighted by atomic mass is 9.87. The molecule has 0 saturated heterocycles. The first kappa shape index (κ1) is 13.4. The van der Waals surface area contributed by atoms with E-state index in [-0.39, 0.29) is 0 Å². The molecular weight excluding hydrogens is 226 g/mol. The Bertz CT molecular complexity index is 390. The van der Waals surface area contributed by atoms with Gasteiger partial charge >= 0.3 is 0 Å². The van der Waals surface area contributed by atoms with Gasteiger partial charge in [0.15, 0.2) is 0 Å². The first-order valence-corrected chi connectivity index (χ1v) is 6.83. The van der Waals surface area contributed by atoms with Crippen LogP contribution in [0.3, 0.4) is 0 Å². The van der Waals surface area contributed by atoms with Gasteiger partial charge in [-0.3, -0.25) is 0 Å². The summed E-state index contributed by atoms with van der Waals surface area (Å²) in [7, 11) is 0. The Morgan fingerprint density at radius 3 is 3.06 bits per heavy atom. The van der Waals surface area contributed by atoms with Crippen molar-refractivity contribution in [3.63, 3.8) is 0 Å². The molecule has 0 heterocycles. The minimum Gasteiger partial charge on any atom is -0.508 e. The van der Waals surface area contributed by atoms with Gasteiger partial charge in [0.1, 0.15) is 5.75 Å². The molecule has 0 aliphatic heterocycles. The molecule has 0 spiro atoms. The second-order valence-corrected chi connectivity index (χ2v) is 5.20. The van der Waals surface area contributed by atoms with Crippen LogP contribution in [-0.4, -0.2) is 24.4 Å². The molecule has 1 aliphatic carbocycles. The van der Waals surface area contributed by atoms with Crippen LogP contribution in [-0.2, 0) is 11.2 Å². The summed E-state index contributed by atoms with van der Waals surface area (Å²) in [6, 6.07) is 6.13. The van der Waals surface area contributed by atoms with Crippen LogP contribution in [0.25, 0.3) is 0 Å². The molecule has 1 aliphatic rings. The van der Waals surface area contributed by atoms with Crippen LogP contribution in [0.15, 0.2) is 18.2 Å². The highest BCUT2D eigenvalue weighted by Crippen LogP contribution is 2.31. The average Bonchev–Trinajstić information content (AvgIpc) is 2.34. The van der Waals surface area contributed by atoms with Crippen molar-refractivity contribution in [2.75, 3.05) is 13.2 Å². The van der Waals surface area contributed by atoms with Crippen LogP contribution in [0.4, 0.5) is 0 Å². The Morgan fingerprint density at radius 2 is 2.28 bits per heavy atom. The maximum Gasteiger partial charge on any atom is 0.115 e. The average molecular weight is 249 g/mol.